The molecule has 2 aromatic heterocycles. The number of likely N-dealkylation sites (tertiary alicyclic amines) is 1. The highest BCUT2D eigenvalue weighted by Crippen LogP contribution is 2.42. The van der Waals surface area contributed by atoms with Gasteiger partial charge in [0.05, 0.1) is 12.1 Å². The average molecular weight is 422 g/mol. The minimum Gasteiger partial charge on any atom is -0.448 e. The number of amides is 2. The van der Waals surface area contributed by atoms with E-state index in [4.69, 9.17) is 4.74 Å². The number of hydrogen-bond acceptors (Lipinski definition) is 4. The van der Waals surface area contributed by atoms with Crippen LogP contribution in [0.25, 0.3) is 5.52 Å². The maximum absolute atomic E-state index is 13.6. The van der Waals surface area contributed by atoms with Crippen molar-refractivity contribution in [1.29, 1.82) is 0 Å². The Kier molecular flexibility index (Phi) is 4.41. The Labute approximate surface area is 170 Å². The number of aromatic nitrogens is 2. The van der Waals surface area contributed by atoms with Crippen molar-refractivity contribution in [3.05, 3.63) is 35.2 Å². The van der Waals surface area contributed by atoms with Crippen LogP contribution in [0.2, 0.25) is 0 Å². The fourth-order valence-electron chi connectivity index (χ4n) is 4.36. The first-order valence-corrected chi connectivity index (χ1v) is 10.1. The van der Waals surface area contributed by atoms with E-state index in [9.17, 15) is 22.8 Å². The molecule has 160 valence electrons. The standard InChI is InChI=1S/C20H21F3N4O3/c21-20(22,23)17-10-13(12-1-2-12)9-15-11-16(24-27(15)17)18(28)25-5-3-14(4-6-25)26-7-8-30-19(26)29/h9-12,14H,1-8H2. The third kappa shape index (κ3) is 3.37. The Bertz CT molecular complexity index is 1010. The molecular formula is C20H21F3N4O3. The Balaban J connectivity index is 1.37. The number of carbonyl (C=O) groups is 2. The largest absolute Gasteiger partial charge is 0.448 e. The molecule has 10 heteroatoms. The van der Waals surface area contributed by atoms with Gasteiger partial charge in [-0.25, -0.2) is 9.31 Å². The summed E-state index contributed by atoms with van der Waals surface area (Å²) in [6, 6.07) is 4.30. The third-order valence-corrected chi connectivity index (χ3v) is 6.13. The number of piperidine rings is 1. The number of nitrogens with zero attached hydrogens (tertiary/aromatic N) is 4. The predicted octanol–water partition coefficient (Wildman–Crippen LogP) is 3.29. The van der Waals surface area contributed by atoms with Crippen LogP contribution in [-0.4, -0.2) is 63.7 Å². The number of halogens is 3. The van der Waals surface area contributed by atoms with E-state index in [1.165, 1.54) is 6.07 Å². The van der Waals surface area contributed by atoms with E-state index >= 15 is 0 Å². The molecule has 0 N–H and O–H groups in total. The molecule has 2 aliphatic heterocycles. The monoisotopic (exact) mass is 422 g/mol. The van der Waals surface area contributed by atoms with Gasteiger partial charge in [0.15, 0.2) is 5.69 Å². The van der Waals surface area contributed by atoms with E-state index in [-0.39, 0.29) is 35.2 Å². The van der Waals surface area contributed by atoms with Gasteiger partial charge in [0.1, 0.15) is 12.3 Å². The molecule has 5 rings (SSSR count). The van der Waals surface area contributed by atoms with Crippen molar-refractivity contribution in [3.63, 3.8) is 0 Å². The molecule has 4 heterocycles. The van der Waals surface area contributed by atoms with Crippen LogP contribution in [-0.2, 0) is 10.9 Å². The van der Waals surface area contributed by atoms with E-state index in [2.05, 4.69) is 5.10 Å². The van der Waals surface area contributed by atoms with Gasteiger partial charge < -0.3 is 14.5 Å². The van der Waals surface area contributed by atoms with Crippen LogP contribution < -0.4 is 0 Å². The number of ether oxygens (including phenoxy) is 1. The maximum Gasteiger partial charge on any atom is 0.433 e. The average Bonchev–Trinajstić information content (AvgIpc) is 3.34. The summed E-state index contributed by atoms with van der Waals surface area (Å²) in [4.78, 5) is 27.9. The van der Waals surface area contributed by atoms with Gasteiger partial charge in [-0.15, -0.1) is 0 Å². The first-order chi connectivity index (χ1) is 14.3. The van der Waals surface area contributed by atoms with Gasteiger partial charge in [-0.3, -0.25) is 4.79 Å². The van der Waals surface area contributed by atoms with Crippen molar-refractivity contribution in [2.75, 3.05) is 26.2 Å². The summed E-state index contributed by atoms with van der Waals surface area (Å²) in [5.41, 5.74) is 0.0801. The minimum atomic E-state index is -4.56. The van der Waals surface area contributed by atoms with Crippen LogP contribution >= 0.6 is 0 Å². The summed E-state index contributed by atoms with van der Waals surface area (Å²) in [5, 5.41) is 4.00. The first kappa shape index (κ1) is 19.2. The molecule has 2 aromatic rings. The lowest BCUT2D eigenvalue weighted by molar-refractivity contribution is -0.142. The fourth-order valence-corrected chi connectivity index (χ4v) is 4.36. The van der Waals surface area contributed by atoms with E-state index in [0.29, 0.717) is 44.6 Å². The van der Waals surface area contributed by atoms with Crippen molar-refractivity contribution < 1.29 is 27.5 Å². The Morgan fingerprint density at radius 3 is 2.40 bits per heavy atom. The molecule has 1 saturated carbocycles. The molecule has 0 unspecified atom stereocenters. The number of carbonyl (C=O) groups excluding carboxylic acids is 2. The highest BCUT2D eigenvalue weighted by atomic mass is 19.4. The SMILES string of the molecule is O=C(c1cc2cc(C3CC3)cc(C(F)(F)F)n2n1)N1CCC(N2CCOC2=O)CC1. The summed E-state index contributed by atoms with van der Waals surface area (Å²) < 4.78 is 46.5. The van der Waals surface area contributed by atoms with Crippen molar-refractivity contribution in [1.82, 2.24) is 19.4 Å². The lowest BCUT2D eigenvalue weighted by Gasteiger charge is -2.35. The number of hydrogen-bond donors (Lipinski definition) is 0. The van der Waals surface area contributed by atoms with Gasteiger partial charge in [0.25, 0.3) is 5.91 Å². The molecule has 7 nitrogen and oxygen atoms in total. The number of fused-ring (bicyclic) bond motifs is 1. The Morgan fingerprint density at radius 2 is 1.80 bits per heavy atom. The topological polar surface area (TPSA) is 67.2 Å². The second-order valence-electron chi connectivity index (χ2n) is 8.14. The van der Waals surface area contributed by atoms with Gasteiger partial charge >= 0.3 is 12.3 Å². The van der Waals surface area contributed by atoms with Crippen molar-refractivity contribution in [2.45, 2.75) is 43.8 Å². The normalized spacial score (nSPS) is 20.8. The quantitative estimate of drug-likeness (QED) is 0.762. The van der Waals surface area contributed by atoms with E-state index < -0.39 is 11.9 Å². The highest BCUT2D eigenvalue weighted by Gasteiger charge is 2.38. The van der Waals surface area contributed by atoms with Crippen molar-refractivity contribution >= 4 is 17.5 Å². The summed E-state index contributed by atoms with van der Waals surface area (Å²) in [6.45, 7) is 1.76. The second kappa shape index (κ2) is 6.88. The zero-order chi connectivity index (χ0) is 21.0. The summed E-state index contributed by atoms with van der Waals surface area (Å²) in [5.74, 6) is -0.233. The second-order valence-corrected chi connectivity index (χ2v) is 8.14. The van der Waals surface area contributed by atoms with Gasteiger partial charge in [-0.1, -0.05) is 0 Å². The summed E-state index contributed by atoms with van der Waals surface area (Å²) in [6.07, 6.45) is -1.91. The van der Waals surface area contributed by atoms with Crippen LogP contribution in [0.15, 0.2) is 18.2 Å². The van der Waals surface area contributed by atoms with Crippen molar-refractivity contribution in [3.8, 4) is 0 Å². The molecular weight excluding hydrogens is 401 g/mol. The van der Waals surface area contributed by atoms with Crippen LogP contribution in [0, 0.1) is 0 Å². The number of alkyl halides is 3. The summed E-state index contributed by atoms with van der Waals surface area (Å²) >= 11 is 0. The molecule has 0 atom stereocenters. The number of cyclic esters (lactones) is 1. The minimum absolute atomic E-state index is 0.00693. The zero-order valence-electron chi connectivity index (χ0n) is 16.2. The molecule has 30 heavy (non-hydrogen) atoms. The Hall–Kier alpha value is -2.78. The zero-order valence-corrected chi connectivity index (χ0v) is 16.2. The fraction of sp³-hybridized carbons (Fsp3) is 0.550. The molecule has 3 fully saturated rings. The predicted molar refractivity (Wildman–Crippen MR) is 99.1 cm³/mol. The molecule has 2 amide bonds. The molecule has 2 saturated heterocycles. The Morgan fingerprint density at radius 1 is 1.07 bits per heavy atom. The molecule has 3 aliphatic rings. The van der Waals surface area contributed by atoms with Crippen LogP contribution in [0.4, 0.5) is 18.0 Å². The van der Waals surface area contributed by atoms with Gasteiger partial charge in [-0.05, 0) is 55.4 Å². The van der Waals surface area contributed by atoms with Crippen molar-refractivity contribution in [2.24, 2.45) is 0 Å². The van der Waals surface area contributed by atoms with Crippen LogP contribution in [0.1, 0.15) is 53.3 Å². The smallest absolute Gasteiger partial charge is 0.433 e. The molecule has 0 aromatic carbocycles. The van der Waals surface area contributed by atoms with Gasteiger partial charge in [0.2, 0.25) is 0 Å². The summed E-state index contributed by atoms with van der Waals surface area (Å²) in [7, 11) is 0. The van der Waals surface area contributed by atoms with E-state index in [0.717, 1.165) is 23.4 Å². The van der Waals surface area contributed by atoms with E-state index in [1.54, 1.807) is 15.9 Å². The lowest BCUT2D eigenvalue weighted by Crippen LogP contribution is -2.47. The van der Waals surface area contributed by atoms with Gasteiger partial charge in [-0.2, -0.15) is 18.3 Å². The van der Waals surface area contributed by atoms with Crippen LogP contribution in [0.3, 0.4) is 0 Å². The molecule has 1 aliphatic carbocycles. The third-order valence-electron chi connectivity index (χ3n) is 6.13. The lowest BCUT2D eigenvalue weighted by atomic mass is 10.0. The highest BCUT2D eigenvalue weighted by molar-refractivity contribution is 5.93. The number of pyridine rings is 1. The maximum atomic E-state index is 13.6. The molecule has 0 bridgehead atoms. The van der Waals surface area contributed by atoms with Crippen LogP contribution in [0.5, 0.6) is 0 Å². The first-order valence-electron chi connectivity index (χ1n) is 10.1. The van der Waals surface area contributed by atoms with E-state index in [1.807, 2.05) is 0 Å². The molecule has 0 spiro atoms. The molecule has 0 radical (unpaired) electrons. The van der Waals surface area contributed by atoms with Gasteiger partial charge in [0, 0.05) is 19.1 Å². The number of rotatable bonds is 3.